The van der Waals surface area contributed by atoms with E-state index < -0.39 is 9.84 Å². The molecular formula is C18H18N2O4S2. The average Bonchev–Trinajstić information content (AvgIpc) is 3.20. The van der Waals surface area contributed by atoms with E-state index in [1.807, 2.05) is 29.9 Å². The molecule has 0 saturated heterocycles. The number of benzene rings is 1. The van der Waals surface area contributed by atoms with Crippen LogP contribution < -0.4 is 4.74 Å². The maximum absolute atomic E-state index is 12.6. The van der Waals surface area contributed by atoms with Gasteiger partial charge in [-0.15, -0.1) is 11.3 Å². The van der Waals surface area contributed by atoms with Gasteiger partial charge in [0.2, 0.25) is 5.78 Å². The smallest absolute Gasteiger partial charge is 0.202 e. The lowest BCUT2D eigenvalue weighted by atomic mass is 10.1. The Bertz CT molecular complexity index is 1050. The van der Waals surface area contributed by atoms with Gasteiger partial charge in [-0.2, -0.15) is 0 Å². The number of hydrogen-bond donors (Lipinski definition) is 0. The summed E-state index contributed by atoms with van der Waals surface area (Å²) < 4.78 is 30.7. The largest absolute Gasteiger partial charge is 0.485 e. The average molecular weight is 390 g/mol. The fourth-order valence-corrected chi connectivity index (χ4v) is 4.09. The van der Waals surface area contributed by atoms with Gasteiger partial charge >= 0.3 is 0 Å². The van der Waals surface area contributed by atoms with Crippen LogP contribution in [0, 0.1) is 13.8 Å². The van der Waals surface area contributed by atoms with Crippen molar-refractivity contribution in [1.82, 2.24) is 9.55 Å². The summed E-state index contributed by atoms with van der Waals surface area (Å²) in [5.74, 6) is 0.167. The number of sulfone groups is 1. The predicted octanol–water partition coefficient (Wildman–Crippen LogP) is 3.22. The molecule has 3 aromatic rings. The first-order valence-electron chi connectivity index (χ1n) is 7.82. The minimum atomic E-state index is -3.32. The van der Waals surface area contributed by atoms with Crippen LogP contribution in [-0.4, -0.2) is 36.6 Å². The Morgan fingerprint density at radius 1 is 1.27 bits per heavy atom. The van der Waals surface area contributed by atoms with Crippen molar-refractivity contribution in [2.24, 2.45) is 0 Å². The van der Waals surface area contributed by atoms with Gasteiger partial charge in [0.25, 0.3) is 0 Å². The highest BCUT2D eigenvalue weighted by Gasteiger charge is 2.18. The van der Waals surface area contributed by atoms with Crippen LogP contribution in [0.5, 0.6) is 5.75 Å². The number of aromatic nitrogens is 2. The maximum Gasteiger partial charge on any atom is 0.202 e. The fourth-order valence-electron chi connectivity index (χ4n) is 2.69. The van der Waals surface area contributed by atoms with E-state index in [-0.39, 0.29) is 17.3 Å². The standard InChI is InChI=1S/C18H18N2O4S2/c1-12-9-16(13(2)20(12)18-19-7-8-25-18)17(21)11-24-14-5-4-6-15(10-14)26(3,22)23/h4-10H,11H2,1-3H3. The number of aryl methyl sites for hydroxylation is 1. The summed E-state index contributed by atoms with van der Waals surface area (Å²) in [5.41, 5.74) is 2.28. The van der Waals surface area contributed by atoms with E-state index in [2.05, 4.69) is 4.98 Å². The van der Waals surface area contributed by atoms with Crippen LogP contribution in [0.4, 0.5) is 0 Å². The number of ketones is 1. The van der Waals surface area contributed by atoms with E-state index in [9.17, 15) is 13.2 Å². The molecule has 6 nitrogen and oxygen atoms in total. The molecule has 3 rings (SSSR count). The highest BCUT2D eigenvalue weighted by molar-refractivity contribution is 7.90. The second-order valence-electron chi connectivity index (χ2n) is 5.89. The monoisotopic (exact) mass is 390 g/mol. The zero-order chi connectivity index (χ0) is 18.9. The summed E-state index contributed by atoms with van der Waals surface area (Å²) in [6.45, 7) is 3.61. The molecule has 0 unspecified atom stereocenters. The molecule has 2 aromatic heterocycles. The Kier molecular flexibility index (Phi) is 4.97. The molecule has 0 spiro atoms. The van der Waals surface area contributed by atoms with Crippen molar-refractivity contribution in [3.8, 4) is 10.9 Å². The normalized spacial score (nSPS) is 11.5. The number of ether oxygens (including phenoxy) is 1. The van der Waals surface area contributed by atoms with Crippen molar-refractivity contribution in [2.45, 2.75) is 18.7 Å². The van der Waals surface area contributed by atoms with Gasteiger partial charge in [-0.1, -0.05) is 6.07 Å². The van der Waals surface area contributed by atoms with Crippen LogP contribution >= 0.6 is 11.3 Å². The van der Waals surface area contributed by atoms with Crippen LogP contribution in [0.2, 0.25) is 0 Å². The SMILES string of the molecule is Cc1cc(C(=O)COc2cccc(S(C)(=O)=O)c2)c(C)n1-c1nccs1. The summed E-state index contributed by atoms with van der Waals surface area (Å²) >= 11 is 1.50. The summed E-state index contributed by atoms with van der Waals surface area (Å²) in [7, 11) is -3.32. The lowest BCUT2D eigenvalue weighted by Gasteiger charge is -2.08. The zero-order valence-corrected chi connectivity index (χ0v) is 16.2. The van der Waals surface area contributed by atoms with Gasteiger partial charge in [-0.3, -0.25) is 9.36 Å². The van der Waals surface area contributed by atoms with Crippen molar-refractivity contribution < 1.29 is 17.9 Å². The molecule has 26 heavy (non-hydrogen) atoms. The van der Waals surface area contributed by atoms with Gasteiger partial charge in [0.1, 0.15) is 5.75 Å². The van der Waals surface area contributed by atoms with Crippen molar-refractivity contribution in [3.63, 3.8) is 0 Å². The third kappa shape index (κ3) is 3.71. The van der Waals surface area contributed by atoms with E-state index in [0.29, 0.717) is 11.3 Å². The van der Waals surface area contributed by atoms with E-state index in [0.717, 1.165) is 22.8 Å². The van der Waals surface area contributed by atoms with Crippen LogP contribution in [0.1, 0.15) is 21.7 Å². The highest BCUT2D eigenvalue weighted by atomic mass is 32.2. The van der Waals surface area contributed by atoms with Crippen molar-refractivity contribution >= 4 is 27.0 Å². The fraction of sp³-hybridized carbons (Fsp3) is 0.222. The second kappa shape index (κ2) is 7.05. The molecule has 136 valence electrons. The Balaban J connectivity index is 1.79. The molecule has 2 heterocycles. The molecule has 1 aromatic carbocycles. The number of nitrogens with zero attached hydrogens (tertiary/aromatic N) is 2. The molecule has 0 bridgehead atoms. The van der Waals surface area contributed by atoms with Crippen molar-refractivity contribution in [2.75, 3.05) is 12.9 Å². The number of carbonyl (C=O) groups excluding carboxylic acids is 1. The maximum atomic E-state index is 12.6. The predicted molar refractivity (Wildman–Crippen MR) is 100 cm³/mol. The number of carbonyl (C=O) groups is 1. The van der Waals surface area contributed by atoms with Gasteiger partial charge in [-0.25, -0.2) is 13.4 Å². The van der Waals surface area contributed by atoms with Crippen LogP contribution in [0.3, 0.4) is 0 Å². The summed E-state index contributed by atoms with van der Waals surface area (Å²) in [6.07, 6.45) is 2.85. The third-order valence-corrected chi connectivity index (χ3v) is 5.81. The number of Topliss-reactive ketones (excluding diaryl/α,β-unsaturated/α-hetero) is 1. The molecule has 0 amide bonds. The topological polar surface area (TPSA) is 78.3 Å². The molecule has 0 fully saturated rings. The molecule has 0 aliphatic carbocycles. The molecule has 0 aliphatic heterocycles. The van der Waals surface area contributed by atoms with Crippen LogP contribution in [0.25, 0.3) is 5.13 Å². The Morgan fingerprint density at radius 2 is 2.04 bits per heavy atom. The van der Waals surface area contributed by atoms with Gasteiger partial charge in [0, 0.05) is 34.8 Å². The minimum absolute atomic E-state index is 0.157. The first-order chi connectivity index (χ1) is 12.3. The van der Waals surface area contributed by atoms with Crippen LogP contribution in [-0.2, 0) is 9.84 Å². The Morgan fingerprint density at radius 3 is 2.69 bits per heavy atom. The van der Waals surface area contributed by atoms with E-state index >= 15 is 0 Å². The third-order valence-electron chi connectivity index (χ3n) is 3.95. The molecular weight excluding hydrogens is 372 g/mol. The Hall–Kier alpha value is -2.45. The second-order valence-corrected chi connectivity index (χ2v) is 8.78. The van der Waals surface area contributed by atoms with Crippen LogP contribution in [0.15, 0.2) is 46.8 Å². The lowest BCUT2D eigenvalue weighted by Crippen LogP contribution is -2.13. The van der Waals surface area contributed by atoms with Gasteiger partial charge in [0.15, 0.2) is 21.6 Å². The van der Waals surface area contributed by atoms with E-state index in [1.165, 1.54) is 23.5 Å². The van der Waals surface area contributed by atoms with Gasteiger partial charge in [0.05, 0.1) is 4.90 Å². The molecule has 0 aliphatic rings. The molecule has 0 atom stereocenters. The first-order valence-corrected chi connectivity index (χ1v) is 10.6. The van der Waals surface area contributed by atoms with Crippen molar-refractivity contribution in [1.29, 1.82) is 0 Å². The quantitative estimate of drug-likeness (QED) is 0.604. The van der Waals surface area contributed by atoms with E-state index in [4.69, 9.17) is 4.74 Å². The molecule has 0 radical (unpaired) electrons. The zero-order valence-electron chi connectivity index (χ0n) is 14.6. The first kappa shape index (κ1) is 18.3. The minimum Gasteiger partial charge on any atom is -0.485 e. The summed E-state index contributed by atoms with van der Waals surface area (Å²) in [6, 6.07) is 7.94. The number of rotatable bonds is 6. The van der Waals surface area contributed by atoms with Gasteiger partial charge in [-0.05, 0) is 38.1 Å². The molecule has 0 N–H and O–H groups in total. The molecule has 0 saturated carbocycles. The van der Waals surface area contributed by atoms with E-state index in [1.54, 1.807) is 18.3 Å². The highest BCUT2D eigenvalue weighted by Crippen LogP contribution is 2.23. The summed E-state index contributed by atoms with van der Waals surface area (Å²) in [5, 5.41) is 2.69. The molecule has 8 heteroatoms. The number of hydrogen-bond acceptors (Lipinski definition) is 6. The lowest BCUT2D eigenvalue weighted by molar-refractivity contribution is 0.0921. The number of thiazole rings is 1. The van der Waals surface area contributed by atoms with Crippen molar-refractivity contribution in [3.05, 3.63) is 58.9 Å². The Labute approximate surface area is 156 Å². The van der Waals surface area contributed by atoms with Gasteiger partial charge < -0.3 is 4.74 Å². The summed E-state index contributed by atoms with van der Waals surface area (Å²) in [4.78, 5) is 17.0.